The summed E-state index contributed by atoms with van der Waals surface area (Å²) in [5.74, 6) is 0.348. The second-order valence-corrected chi connectivity index (χ2v) is 7.12. The standard InChI is InChI=1S/C19H18FN3OS/c1-12-6-4-5-7-16(12)18-21-22-19(23(18)3)25-13(2)17(24)14-8-10-15(20)11-9-14/h4-11,13H,1-3H3. The number of carbonyl (C=O) groups is 1. The molecule has 0 saturated carbocycles. The van der Waals surface area contributed by atoms with Crippen molar-refractivity contribution >= 4 is 17.5 Å². The van der Waals surface area contributed by atoms with Crippen LogP contribution in [0.4, 0.5) is 4.39 Å². The minimum Gasteiger partial charge on any atom is -0.305 e. The minimum absolute atomic E-state index is 0.0644. The van der Waals surface area contributed by atoms with Gasteiger partial charge in [-0.15, -0.1) is 10.2 Å². The first-order valence-electron chi connectivity index (χ1n) is 7.89. The summed E-state index contributed by atoms with van der Waals surface area (Å²) in [6, 6.07) is 13.6. The van der Waals surface area contributed by atoms with Gasteiger partial charge >= 0.3 is 0 Å². The second-order valence-electron chi connectivity index (χ2n) is 5.81. The maximum Gasteiger partial charge on any atom is 0.191 e. The topological polar surface area (TPSA) is 47.8 Å². The predicted octanol–water partition coefficient (Wildman–Crippen LogP) is 4.29. The lowest BCUT2D eigenvalue weighted by atomic mass is 10.1. The number of hydrogen-bond donors (Lipinski definition) is 0. The van der Waals surface area contributed by atoms with E-state index in [2.05, 4.69) is 10.2 Å². The Morgan fingerprint density at radius 3 is 2.48 bits per heavy atom. The number of rotatable bonds is 5. The van der Waals surface area contributed by atoms with Crippen molar-refractivity contribution in [2.24, 2.45) is 7.05 Å². The van der Waals surface area contributed by atoms with E-state index in [0.717, 1.165) is 17.0 Å². The summed E-state index contributed by atoms with van der Waals surface area (Å²) >= 11 is 1.34. The molecule has 3 aromatic rings. The molecule has 1 heterocycles. The van der Waals surface area contributed by atoms with E-state index in [0.29, 0.717) is 10.7 Å². The molecule has 1 unspecified atom stereocenters. The number of ketones is 1. The lowest BCUT2D eigenvalue weighted by Gasteiger charge is -2.10. The number of aryl methyl sites for hydroxylation is 1. The van der Waals surface area contributed by atoms with Crippen LogP contribution in [0.1, 0.15) is 22.8 Å². The van der Waals surface area contributed by atoms with Crippen LogP contribution < -0.4 is 0 Å². The first kappa shape index (κ1) is 17.4. The number of carbonyl (C=O) groups excluding carboxylic acids is 1. The van der Waals surface area contributed by atoms with Gasteiger partial charge < -0.3 is 4.57 Å². The van der Waals surface area contributed by atoms with Crippen LogP contribution in [-0.2, 0) is 7.05 Å². The Kier molecular flexibility index (Phi) is 4.99. The quantitative estimate of drug-likeness (QED) is 0.506. The molecule has 0 amide bonds. The first-order valence-corrected chi connectivity index (χ1v) is 8.77. The third-order valence-electron chi connectivity index (χ3n) is 4.00. The molecule has 25 heavy (non-hydrogen) atoms. The zero-order valence-corrected chi connectivity index (χ0v) is 15.0. The van der Waals surface area contributed by atoms with Crippen LogP contribution in [-0.4, -0.2) is 25.8 Å². The van der Waals surface area contributed by atoms with Crippen molar-refractivity contribution in [1.29, 1.82) is 0 Å². The number of benzene rings is 2. The van der Waals surface area contributed by atoms with Crippen molar-refractivity contribution in [3.63, 3.8) is 0 Å². The Hall–Kier alpha value is -2.47. The molecule has 0 fully saturated rings. The second kappa shape index (κ2) is 7.19. The highest BCUT2D eigenvalue weighted by Crippen LogP contribution is 2.28. The van der Waals surface area contributed by atoms with E-state index in [9.17, 15) is 9.18 Å². The molecule has 2 aromatic carbocycles. The number of nitrogens with zero attached hydrogens (tertiary/aromatic N) is 3. The molecule has 0 aliphatic carbocycles. The molecule has 4 nitrogen and oxygen atoms in total. The van der Waals surface area contributed by atoms with Crippen molar-refractivity contribution in [3.05, 3.63) is 65.5 Å². The van der Waals surface area contributed by atoms with E-state index >= 15 is 0 Å². The number of aromatic nitrogens is 3. The molecular weight excluding hydrogens is 337 g/mol. The lowest BCUT2D eigenvalue weighted by Crippen LogP contribution is -2.14. The smallest absolute Gasteiger partial charge is 0.191 e. The summed E-state index contributed by atoms with van der Waals surface area (Å²) in [7, 11) is 1.89. The number of hydrogen-bond acceptors (Lipinski definition) is 4. The Morgan fingerprint density at radius 1 is 1.12 bits per heavy atom. The van der Waals surface area contributed by atoms with E-state index in [-0.39, 0.29) is 16.9 Å². The van der Waals surface area contributed by atoms with E-state index in [1.807, 2.05) is 49.7 Å². The third kappa shape index (κ3) is 3.64. The molecular formula is C19H18FN3OS. The monoisotopic (exact) mass is 355 g/mol. The molecule has 128 valence electrons. The highest BCUT2D eigenvalue weighted by atomic mass is 32.2. The maximum absolute atomic E-state index is 13.0. The Bertz CT molecular complexity index is 905. The van der Waals surface area contributed by atoms with Crippen LogP contribution in [0.2, 0.25) is 0 Å². The average Bonchev–Trinajstić information content (AvgIpc) is 2.96. The molecule has 0 saturated heterocycles. The van der Waals surface area contributed by atoms with Gasteiger partial charge in [0.15, 0.2) is 16.8 Å². The molecule has 0 N–H and O–H groups in total. The van der Waals surface area contributed by atoms with Crippen LogP contribution >= 0.6 is 11.8 Å². The zero-order chi connectivity index (χ0) is 18.0. The van der Waals surface area contributed by atoms with E-state index < -0.39 is 0 Å². The average molecular weight is 355 g/mol. The molecule has 0 radical (unpaired) electrons. The van der Waals surface area contributed by atoms with Gasteiger partial charge in [0.25, 0.3) is 0 Å². The Labute approximate surface area is 150 Å². The summed E-state index contributed by atoms with van der Waals surface area (Å²) in [4.78, 5) is 12.5. The van der Waals surface area contributed by atoms with Crippen LogP contribution in [0.15, 0.2) is 53.7 Å². The van der Waals surface area contributed by atoms with Crippen molar-refractivity contribution in [3.8, 4) is 11.4 Å². The maximum atomic E-state index is 13.0. The van der Waals surface area contributed by atoms with Gasteiger partial charge in [0.2, 0.25) is 0 Å². The van der Waals surface area contributed by atoms with Gasteiger partial charge in [-0.3, -0.25) is 4.79 Å². The number of Topliss-reactive ketones (excluding diaryl/α,β-unsaturated/α-hetero) is 1. The largest absolute Gasteiger partial charge is 0.305 e. The molecule has 0 aliphatic heterocycles. The molecule has 1 atom stereocenters. The summed E-state index contributed by atoms with van der Waals surface area (Å²) in [6.07, 6.45) is 0. The van der Waals surface area contributed by atoms with Gasteiger partial charge in [-0.1, -0.05) is 36.0 Å². The zero-order valence-electron chi connectivity index (χ0n) is 14.2. The van der Waals surface area contributed by atoms with Gasteiger partial charge in [0, 0.05) is 18.2 Å². The molecule has 0 bridgehead atoms. The number of thioether (sulfide) groups is 1. The summed E-state index contributed by atoms with van der Waals surface area (Å²) in [6.45, 7) is 3.84. The van der Waals surface area contributed by atoms with Gasteiger partial charge in [-0.05, 0) is 43.7 Å². The fraction of sp³-hybridized carbons (Fsp3) is 0.211. The molecule has 1 aromatic heterocycles. The Balaban J connectivity index is 1.81. The van der Waals surface area contributed by atoms with Crippen molar-refractivity contribution < 1.29 is 9.18 Å². The first-order chi connectivity index (χ1) is 12.0. The molecule has 0 aliphatic rings. The van der Waals surface area contributed by atoms with Crippen molar-refractivity contribution in [2.45, 2.75) is 24.3 Å². The van der Waals surface area contributed by atoms with E-state index in [4.69, 9.17) is 0 Å². The van der Waals surface area contributed by atoms with Crippen LogP contribution in [0.5, 0.6) is 0 Å². The Morgan fingerprint density at radius 2 is 1.80 bits per heavy atom. The highest BCUT2D eigenvalue weighted by molar-refractivity contribution is 8.00. The van der Waals surface area contributed by atoms with E-state index in [1.54, 1.807) is 0 Å². The summed E-state index contributed by atoms with van der Waals surface area (Å²) < 4.78 is 14.9. The highest BCUT2D eigenvalue weighted by Gasteiger charge is 2.21. The van der Waals surface area contributed by atoms with Crippen LogP contribution in [0.3, 0.4) is 0 Å². The van der Waals surface area contributed by atoms with Crippen molar-refractivity contribution in [1.82, 2.24) is 14.8 Å². The van der Waals surface area contributed by atoms with Gasteiger partial charge in [-0.25, -0.2) is 4.39 Å². The van der Waals surface area contributed by atoms with E-state index in [1.165, 1.54) is 36.0 Å². The predicted molar refractivity (Wildman–Crippen MR) is 97.2 cm³/mol. The molecule has 6 heteroatoms. The minimum atomic E-state index is -0.354. The normalized spacial score (nSPS) is 12.2. The number of halogens is 1. The van der Waals surface area contributed by atoms with Gasteiger partial charge in [-0.2, -0.15) is 0 Å². The molecule has 0 spiro atoms. The van der Waals surface area contributed by atoms with Gasteiger partial charge in [0.05, 0.1) is 5.25 Å². The van der Waals surface area contributed by atoms with Gasteiger partial charge in [0.1, 0.15) is 5.82 Å². The summed E-state index contributed by atoms with van der Waals surface area (Å²) in [5, 5.41) is 8.82. The fourth-order valence-electron chi connectivity index (χ4n) is 2.54. The SMILES string of the molecule is Cc1ccccc1-c1nnc(SC(C)C(=O)c2ccc(F)cc2)n1C. The van der Waals surface area contributed by atoms with Crippen molar-refractivity contribution in [2.75, 3.05) is 0 Å². The van der Waals surface area contributed by atoms with Crippen LogP contribution in [0, 0.1) is 12.7 Å². The lowest BCUT2D eigenvalue weighted by molar-refractivity contribution is 0.0994. The molecule has 3 rings (SSSR count). The van der Waals surface area contributed by atoms with Crippen LogP contribution in [0.25, 0.3) is 11.4 Å². The fourth-order valence-corrected chi connectivity index (χ4v) is 3.43. The summed E-state index contributed by atoms with van der Waals surface area (Å²) in [5.41, 5.74) is 2.62. The third-order valence-corrected chi connectivity index (χ3v) is 5.13.